The van der Waals surface area contributed by atoms with E-state index in [-0.39, 0.29) is 15.4 Å². The molecule has 1 aromatic rings. The van der Waals surface area contributed by atoms with E-state index in [1.165, 1.54) is 0 Å². The standard InChI is InChI=1S/C6H5B3Cl2O3/c10-5-2-1-4(3-6(5)11)9-13-7-12-8-14-9/h1-3,7-8H. The van der Waals surface area contributed by atoms with Gasteiger partial charge in [-0.25, -0.2) is 0 Å². The van der Waals surface area contributed by atoms with Crippen LogP contribution in [-0.2, 0) is 13.7 Å². The van der Waals surface area contributed by atoms with Crippen molar-refractivity contribution in [1.29, 1.82) is 0 Å². The number of benzene rings is 1. The molecular formula is C6H5B3Cl2O3. The molecule has 0 saturated carbocycles. The van der Waals surface area contributed by atoms with Gasteiger partial charge in [-0.05, 0) is 17.6 Å². The van der Waals surface area contributed by atoms with E-state index >= 15 is 0 Å². The Kier molecular flexibility index (Phi) is 3.41. The summed E-state index contributed by atoms with van der Waals surface area (Å²) in [5.41, 5.74) is 0.836. The van der Waals surface area contributed by atoms with Crippen LogP contribution in [0, 0.1) is 0 Å². The highest BCUT2D eigenvalue weighted by molar-refractivity contribution is 6.71. The van der Waals surface area contributed by atoms with Gasteiger partial charge in [-0.15, -0.1) is 0 Å². The summed E-state index contributed by atoms with van der Waals surface area (Å²) in [5, 5.41) is 1.00. The predicted octanol–water partition coefficient (Wildman–Crippen LogP) is 0.285. The van der Waals surface area contributed by atoms with E-state index in [4.69, 9.17) is 36.9 Å². The lowest BCUT2D eigenvalue weighted by atomic mass is 9.75. The first-order chi connectivity index (χ1) is 6.77. The third-order valence-corrected chi connectivity index (χ3v) is 2.56. The van der Waals surface area contributed by atoms with Crippen molar-refractivity contribution in [3.63, 3.8) is 0 Å². The van der Waals surface area contributed by atoms with Crippen LogP contribution >= 0.6 is 23.2 Å². The van der Waals surface area contributed by atoms with Gasteiger partial charge in [0.15, 0.2) is 0 Å². The first-order valence-electron chi connectivity index (χ1n) is 4.03. The zero-order chi connectivity index (χ0) is 9.97. The first-order valence-corrected chi connectivity index (χ1v) is 4.79. The van der Waals surface area contributed by atoms with Crippen LogP contribution in [0.1, 0.15) is 0 Å². The summed E-state index contributed by atoms with van der Waals surface area (Å²) in [5.74, 6) is 0. The first kappa shape index (κ1) is 10.4. The minimum atomic E-state index is -0.418. The quantitative estimate of drug-likeness (QED) is 0.647. The number of halogens is 2. The van der Waals surface area contributed by atoms with Crippen molar-refractivity contribution in [2.45, 2.75) is 0 Å². The molecule has 0 bridgehead atoms. The number of hydrogen-bond acceptors (Lipinski definition) is 3. The normalized spacial score (nSPS) is 16.0. The lowest BCUT2D eigenvalue weighted by molar-refractivity contribution is 0.334. The molecule has 0 amide bonds. The van der Waals surface area contributed by atoms with Gasteiger partial charge in [0, 0.05) is 0 Å². The summed E-state index contributed by atoms with van der Waals surface area (Å²) in [6.45, 7) is 0. The van der Waals surface area contributed by atoms with E-state index in [9.17, 15) is 0 Å². The second-order valence-corrected chi connectivity index (χ2v) is 3.59. The third-order valence-electron chi connectivity index (χ3n) is 1.82. The molecular weight excluding hydrogens is 223 g/mol. The fraction of sp³-hybridized carbons (Fsp3) is 0. The highest BCUT2D eigenvalue weighted by Crippen LogP contribution is 2.19. The molecule has 0 aromatic heterocycles. The summed E-state index contributed by atoms with van der Waals surface area (Å²) in [6, 6.07) is 5.24. The van der Waals surface area contributed by atoms with Crippen LogP contribution in [0.25, 0.3) is 0 Å². The van der Waals surface area contributed by atoms with Crippen molar-refractivity contribution in [2.24, 2.45) is 0 Å². The monoisotopic (exact) mass is 228 g/mol. The maximum absolute atomic E-state index is 5.86. The fourth-order valence-electron chi connectivity index (χ4n) is 1.15. The second kappa shape index (κ2) is 4.60. The van der Waals surface area contributed by atoms with Crippen LogP contribution in [-0.4, -0.2) is 22.5 Å². The fourth-order valence-corrected chi connectivity index (χ4v) is 1.46. The molecule has 0 unspecified atom stereocenters. The van der Waals surface area contributed by atoms with Gasteiger partial charge in [0.2, 0.25) is 0 Å². The Bertz CT molecular complexity index is 332. The summed E-state index contributed by atoms with van der Waals surface area (Å²) < 4.78 is 15.3. The predicted molar refractivity (Wildman–Crippen MR) is 59.4 cm³/mol. The van der Waals surface area contributed by atoms with Crippen molar-refractivity contribution in [1.82, 2.24) is 0 Å². The zero-order valence-corrected chi connectivity index (χ0v) is 8.72. The molecule has 0 aliphatic carbocycles. The minimum Gasteiger partial charge on any atom is -0.458 e. The molecule has 14 heavy (non-hydrogen) atoms. The molecule has 0 atom stereocenters. The summed E-state index contributed by atoms with van der Waals surface area (Å²) in [7, 11) is 0.0362. The van der Waals surface area contributed by atoms with Crippen LogP contribution in [0.3, 0.4) is 0 Å². The second-order valence-electron chi connectivity index (χ2n) is 2.78. The number of rotatable bonds is 1. The highest BCUT2D eigenvalue weighted by Gasteiger charge is 2.25. The number of hydrogen-bond donors (Lipinski definition) is 0. The Morgan fingerprint density at radius 1 is 1.07 bits per heavy atom. The topological polar surface area (TPSA) is 27.7 Å². The molecule has 8 heteroatoms. The van der Waals surface area contributed by atoms with E-state index in [2.05, 4.69) is 0 Å². The van der Waals surface area contributed by atoms with E-state index in [0.717, 1.165) is 5.46 Å². The molecule has 70 valence electrons. The van der Waals surface area contributed by atoms with Gasteiger partial charge in [0.05, 0.1) is 10.0 Å². The smallest absolute Gasteiger partial charge is 0.458 e. The Morgan fingerprint density at radius 2 is 1.79 bits per heavy atom. The molecule has 2 rings (SSSR count). The minimum absolute atomic E-state index is 0.227. The van der Waals surface area contributed by atoms with E-state index in [1.807, 2.05) is 6.07 Å². The van der Waals surface area contributed by atoms with Crippen LogP contribution in [0.4, 0.5) is 0 Å². The van der Waals surface area contributed by atoms with E-state index in [1.54, 1.807) is 12.1 Å². The van der Waals surface area contributed by atoms with Crippen LogP contribution in [0.15, 0.2) is 18.2 Å². The molecule has 1 aliphatic rings. The van der Waals surface area contributed by atoms with Gasteiger partial charge >= 0.3 is 22.5 Å². The summed E-state index contributed by atoms with van der Waals surface area (Å²) in [4.78, 5) is 0. The molecule has 1 heterocycles. The van der Waals surface area contributed by atoms with Gasteiger partial charge < -0.3 is 13.7 Å². The van der Waals surface area contributed by atoms with Gasteiger partial charge in [0.25, 0.3) is 0 Å². The van der Waals surface area contributed by atoms with Gasteiger partial charge in [-0.3, -0.25) is 0 Å². The molecule has 1 saturated heterocycles. The van der Waals surface area contributed by atoms with Crippen molar-refractivity contribution in [3.05, 3.63) is 28.2 Å². The van der Waals surface area contributed by atoms with Crippen LogP contribution in [0.2, 0.25) is 10.0 Å². The molecule has 0 spiro atoms. The highest BCUT2D eigenvalue weighted by atomic mass is 35.5. The van der Waals surface area contributed by atoms with E-state index < -0.39 is 7.12 Å². The van der Waals surface area contributed by atoms with E-state index in [0.29, 0.717) is 10.0 Å². The Balaban J connectivity index is 2.18. The molecule has 1 aliphatic heterocycles. The van der Waals surface area contributed by atoms with Crippen LogP contribution < -0.4 is 5.46 Å². The summed E-state index contributed by atoms with van der Waals surface area (Å²) in [6.07, 6.45) is 0. The molecule has 0 N–H and O–H groups in total. The van der Waals surface area contributed by atoms with Crippen molar-refractivity contribution < 1.29 is 13.7 Å². The van der Waals surface area contributed by atoms with Crippen LogP contribution in [0.5, 0.6) is 0 Å². The Morgan fingerprint density at radius 3 is 2.43 bits per heavy atom. The van der Waals surface area contributed by atoms with Crippen molar-refractivity contribution in [2.75, 3.05) is 0 Å². The lowest BCUT2D eigenvalue weighted by Crippen LogP contribution is -2.44. The zero-order valence-electron chi connectivity index (χ0n) is 7.20. The van der Waals surface area contributed by atoms with Gasteiger partial charge in [-0.2, -0.15) is 0 Å². The summed E-state index contributed by atoms with van der Waals surface area (Å²) >= 11 is 11.6. The van der Waals surface area contributed by atoms with Crippen molar-refractivity contribution >= 4 is 51.2 Å². The average Bonchev–Trinajstić information content (AvgIpc) is 2.23. The van der Waals surface area contributed by atoms with Crippen molar-refractivity contribution in [3.8, 4) is 0 Å². The molecule has 0 radical (unpaired) electrons. The Hall–Kier alpha value is -0.125. The van der Waals surface area contributed by atoms with Gasteiger partial charge in [-0.1, -0.05) is 29.3 Å². The largest absolute Gasteiger partial charge is 0.466 e. The third kappa shape index (κ3) is 2.27. The SMILES string of the molecule is Clc1ccc(B2OBOBO2)cc1Cl. The average molecular weight is 228 g/mol. The lowest BCUT2D eigenvalue weighted by Gasteiger charge is -2.19. The maximum atomic E-state index is 5.86. The maximum Gasteiger partial charge on any atom is 0.466 e. The Labute approximate surface area is 93.4 Å². The molecule has 1 fully saturated rings. The van der Waals surface area contributed by atoms with Gasteiger partial charge in [0.1, 0.15) is 0 Å². The molecule has 1 aromatic carbocycles. The molecule has 3 nitrogen and oxygen atoms in total.